The lowest BCUT2D eigenvalue weighted by Gasteiger charge is -2.22. The van der Waals surface area contributed by atoms with Crippen LogP contribution < -0.4 is 5.73 Å². The van der Waals surface area contributed by atoms with Crippen LogP contribution in [-0.2, 0) is 17.8 Å². The minimum Gasteiger partial charge on any atom is -0.398 e. The number of hydrogen-bond acceptors (Lipinski definition) is 4. The first-order valence-corrected chi connectivity index (χ1v) is 7.07. The topological polar surface area (TPSA) is 83.0 Å². The van der Waals surface area contributed by atoms with Gasteiger partial charge in [-0.1, -0.05) is 24.3 Å². The normalized spacial score (nSPS) is 9.95. The maximum absolute atomic E-state index is 12.5. The Kier molecular flexibility index (Phi) is 5.50. The Balaban J connectivity index is 2.09. The first kappa shape index (κ1) is 15.5. The van der Waals surface area contributed by atoms with Crippen LogP contribution in [0.4, 0.5) is 5.69 Å². The number of rotatable bonds is 6. The Morgan fingerprint density at radius 3 is 2.77 bits per heavy atom. The summed E-state index contributed by atoms with van der Waals surface area (Å²) in [6.07, 6.45) is 3.95. The van der Waals surface area contributed by atoms with Crippen LogP contribution in [0.2, 0.25) is 0 Å². The Labute approximate surface area is 130 Å². The van der Waals surface area contributed by atoms with Gasteiger partial charge in [-0.2, -0.15) is 5.26 Å². The smallest absolute Gasteiger partial charge is 0.227 e. The summed E-state index contributed by atoms with van der Waals surface area (Å²) in [6, 6.07) is 13.2. The molecule has 1 aromatic heterocycles. The molecule has 5 heteroatoms. The van der Waals surface area contributed by atoms with Gasteiger partial charge in [0.05, 0.1) is 18.9 Å². The third-order valence-electron chi connectivity index (χ3n) is 3.34. The van der Waals surface area contributed by atoms with Crippen molar-refractivity contribution in [3.8, 4) is 6.07 Å². The molecule has 1 amide bonds. The van der Waals surface area contributed by atoms with Crippen LogP contribution >= 0.6 is 0 Å². The summed E-state index contributed by atoms with van der Waals surface area (Å²) in [4.78, 5) is 18.2. The third kappa shape index (κ3) is 4.32. The van der Waals surface area contributed by atoms with Crippen LogP contribution in [0.25, 0.3) is 0 Å². The van der Waals surface area contributed by atoms with Crippen molar-refractivity contribution in [3.63, 3.8) is 0 Å². The van der Waals surface area contributed by atoms with Gasteiger partial charge >= 0.3 is 0 Å². The van der Waals surface area contributed by atoms with Crippen molar-refractivity contribution < 1.29 is 4.79 Å². The molecule has 112 valence electrons. The number of nitriles is 1. The average molecular weight is 294 g/mol. The zero-order chi connectivity index (χ0) is 15.8. The average Bonchev–Trinajstić information content (AvgIpc) is 2.54. The van der Waals surface area contributed by atoms with Gasteiger partial charge in [0.2, 0.25) is 5.91 Å². The van der Waals surface area contributed by atoms with E-state index in [1.807, 2.05) is 30.3 Å². The fourth-order valence-corrected chi connectivity index (χ4v) is 2.16. The molecule has 0 radical (unpaired) electrons. The van der Waals surface area contributed by atoms with Gasteiger partial charge in [0.1, 0.15) is 0 Å². The van der Waals surface area contributed by atoms with E-state index in [1.54, 1.807) is 23.4 Å². The van der Waals surface area contributed by atoms with Crippen LogP contribution in [0.15, 0.2) is 48.8 Å². The van der Waals surface area contributed by atoms with Gasteiger partial charge in [-0.15, -0.1) is 0 Å². The molecule has 0 saturated carbocycles. The molecule has 0 fully saturated rings. The molecular weight excluding hydrogens is 276 g/mol. The van der Waals surface area contributed by atoms with Gasteiger partial charge in [0.25, 0.3) is 0 Å². The van der Waals surface area contributed by atoms with Crippen molar-refractivity contribution in [3.05, 3.63) is 59.9 Å². The van der Waals surface area contributed by atoms with E-state index in [9.17, 15) is 4.79 Å². The number of benzene rings is 1. The summed E-state index contributed by atoms with van der Waals surface area (Å²) >= 11 is 0. The Morgan fingerprint density at radius 1 is 1.27 bits per heavy atom. The number of nitrogens with zero attached hydrogens (tertiary/aromatic N) is 3. The number of anilines is 1. The highest BCUT2D eigenvalue weighted by atomic mass is 16.2. The second-order valence-electron chi connectivity index (χ2n) is 4.96. The second-order valence-corrected chi connectivity index (χ2v) is 4.96. The molecule has 0 aliphatic rings. The van der Waals surface area contributed by atoms with E-state index in [1.165, 1.54) is 0 Å². The van der Waals surface area contributed by atoms with Gasteiger partial charge < -0.3 is 10.6 Å². The van der Waals surface area contributed by atoms with Crippen LogP contribution in [0, 0.1) is 11.3 Å². The summed E-state index contributed by atoms with van der Waals surface area (Å²) in [5.41, 5.74) is 8.24. The van der Waals surface area contributed by atoms with Crippen molar-refractivity contribution in [2.45, 2.75) is 19.4 Å². The molecule has 2 rings (SSSR count). The number of para-hydroxylation sites is 1. The lowest BCUT2D eigenvalue weighted by molar-refractivity contribution is -0.131. The third-order valence-corrected chi connectivity index (χ3v) is 3.34. The number of nitrogens with two attached hydrogens (primary N) is 1. The summed E-state index contributed by atoms with van der Waals surface area (Å²) in [5, 5.41) is 8.78. The fourth-order valence-electron chi connectivity index (χ4n) is 2.16. The number of pyridine rings is 1. The van der Waals surface area contributed by atoms with Gasteiger partial charge in [0.15, 0.2) is 0 Å². The molecule has 0 atom stereocenters. The van der Waals surface area contributed by atoms with Crippen LogP contribution in [0.1, 0.15) is 17.5 Å². The number of carbonyl (C=O) groups excluding carboxylic acids is 1. The zero-order valence-electron chi connectivity index (χ0n) is 12.3. The highest BCUT2D eigenvalue weighted by Crippen LogP contribution is 2.14. The predicted octanol–water partition coefficient (Wildman–Crippen LogP) is 2.15. The predicted molar refractivity (Wildman–Crippen MR) is 84.4 cm³/mol. The fraction of sp³-hybridized carbons (Fsp3) is 0.235. The van der Waals surface area contributed by atoms with Gasteiger partial charge in [-0.25, -0.2) is 0 Å². The minimum absolute atomic E-state index is 0.0444. The summed E-state index contributed by atoms with van der Waals surface area (Å²) in [6.45, 7) is 0.845. The Hall–Kier alpha value is -2.87. The van der Waals surface area contributed by atoms with Gasteiger partial charge in [0, 0.05) is 31.2 Å². The molecule has 0 aliphatic heterocycles. The molecule has 0 spiro atoms. The molecule has 2 aromatic rings. The van der Waals surface area contributed by atoms with Crippen molar-refractivity contribution in [1.29, 1.82) is 5.26 Å². The molecule has 5 nitrogen and oxygen atoms in total. The molecule has 1 aromatic carbocycles. The lowest BCUT2D eigenvalue weighted by atomic mass is 10.1. The van der Waals surface area contributed by atoms with E-state index < -0.39 is 0 Å². The van der Waals surface area contributed by atoms with Crippen LogP contribution in [0.3, 0.4) is 0 Å². The zero-order valence-corrected chi connectivity index (χ0v) is 12.3. The first-order valence-electron chi connectivity index (χ1n) is 7.07. The number of amides is 1. The maximum Gasteiger partial charge on any atom is 0.227 e. The van der Waals surface area contributed by atoms with E-state index in [2.05, 4.69) is 11.1 Å². The second kappa shape index (κ2) is 7.79. The molecule has 1 heterocycles. The first-order chi connectivity index (χ1) is 10.7. The van der Waals surface area contributed by atoms with Crippen molar-refractivity contribution in [2.75, 3.05) is 12.3 Å². The van der Waals surface area contributed by atoms with E-state index in [0.717, 1.165) is 11.1 Å². The highest BCUT2D eigenvalue weighted by Gasteiger charge is 2.15. The summed E-state index contributed by atoms with van der Waals surface area (Å²) < 4.78 is 0. The number of aromatic nitrogens is 1. The molecule has 22 heavy (non-hydrogen) atoms. The quantitative estimate of drug-likeness (QED) is 0.827. The van der Waals surface area contributed by atoms with Crippen LogP contribution in [0.5, 0.6) is 0 Å². The van der Waals surface area contributed by atoms with Crippen molar-refractivity contribution >= 4 is 11.6 Å². The highest BCUT2D eigenvalue weighted by molar-refractivity contribution is 5.80. The Morgan fingerprint density at radius 2 is 2.09 bits per heavy atom. The van der Waals surface area contributed by atoms with E-state index in [-0.39, 0.29) is 12.3 Å². The van der Waals surface area contributed by atoms with Gasteiger partial charge in [-0.3, -0.25) is 9.78 Å². The lowest BCUT2D eigenvalue weighted by Crippen LogP contribution is -2.32. The molecule has 2 N–H and O–H groups in total. The van der Waals surface area contributed by atoms with Crippen LogP contribution in [-0.4, -0.2) is 22.3 Å². The minimum atomic E-state index is -0.0444. The monoisotopic (exact) mass is 294 g/mol. The molecule has 0 bridgehead atoms. The SMILES string of the molecule is N#CCCN(Cc1cccnc1)C(=O)Cc1ccccc1N. The maximum atomic E-state index is 12.5. The van der Waals surface area contributed by atoms with Gasteiger partial charge in [-0.05, 0) is 23.3 Å². The molecule has 0 aliphatic carbocycles. The number of nitrogen functional groups attached to an aromatic ring is 1. The van der Waals surface area contributed by atoms with Crippen molar-refractivity contribution in [1.82, 2.24) is 9.88 Å². The van der Waals surface area contributed by atoms with E-state index >= 15 is 0 Å². The molecule has 0 unspecified atom stereocenters. The van der Waals surface area contributed by atoms with Crippen molar-refractivity contribution in [2.24, 2.45) is 0 Å². The number of carbonyl (C=O) groups is 1. The summed E-state index contributed by atoms with van der Waals surface area (Å²) in [5.74, 6) is -0.0444. The summed E-state index contributed by atoms with van der Waals surface area (Å²) in [7, 11) is 0. The van der Waals surface area contributed by atoms with E-state index in [4.69, 9.17) is 11.0 Å². The largest absolute Gasteiger partial charge is 0.398 e. The molecular formula is C17H18N4O. The standard InChI is InChI=1S/C17H18N4O/c18-8-4-10-21(13-14-5-3-9-20-12-14)17(22)11-15-6-1-2-7-16(15)19/h1-3,5-7,9,12H,4,10-11,13,19H2. The Bertz CT molecular complexity index is 664. The van der Waals surface area contributed by atoms with E-state index in [0.29, 0.717) is 25.2 Å². The number of hydrogen-bond donors (Lipinski definition) is 1. The molecule has 0 saturated heterocycles.